The van der Waals surface area contributed by atoms with Crippen LogP contribution in [0.4, 0.5) is 0 Å². The molecule has 0 spiro atoms. The third kappa shape index (κ3) is 1.87. The molecule has 0 aliphatic rings. The number of fused-ring (bicyclic) bond motifs is 1. The number of hydrogen-bond donors (Lipinski definition) is 1. The molecule has 0 saturated carbocycles. The van der Waals surface area contributed by atoms with Crippen molar-refractivity contribution in [1.82, 2.24) is 4.98 Å². The van der Waals surface area contributed by atoms with E-state index in [4.69, 9.17) is 10.00 Å². The normalized spacial score (nSPS) is 12.1. The topological polar surface area (TPSA) is 65.9 Å². The molecular formula is C13H12N2O2. The molecule has 4 nitrogen and oxygen atoms in total. The standard InChI is InChI=1S/C13H12N2O2/c1-8(16)11(6-14)12-7-15-13-4-3-9(17-2)5-10(12)13/h3-5,7,11,15H,1-2H3/t11-/m0/s1. The van der Waals surface area contributed by atoms with Gasteiger partial charge in [-0.2, -0.15) is 5.26 Å². The summed E-state index contributed by atoms with van der Waals surface area (Å²) in [7, 11) is 1.58. The zero-order valence-corrected chi connectivity index (χ0v) is 9.65. The number of ketones is 1. The van der Waals surface area contributed by atoms with Crippen LogP contribution < -0.4 is 4.74 Å². The van der Waals surface area contributed by atoms with Gasteiger partial charge in [0.15, 0.2) is 5.78 Å². The number of carbonyl (C=O) groups is 1. The molecule has 0 radical (unpaired) electrons. The maximum Gasteiger partial charge on any atom is 0.151 e. The first-order valence-electron chi connectivity index (χ1n) is 5.22. The molecular weight excluding hydrogens is 216 g/mol. The predicted octanol–water partition coefficient (Wildman–Crippen LogP) is 2.37. The molecule has 1 N–H and O–H groups in total. The van der Waals surface area contributed by atoms with Crippen LogP contribution in [-0.4, -0.2) is 17.9 Å². The van der Waals surface area contributed by atoms with E-state index in [2.05, 4.69) is 4.98 Å². The number of nitriles is 1. The van der Waals surface area contributed by atoms with E-state index < -0.39 is 5.92 Å². The van der Waals surface area contributed by atoms with Crippen LogP contribution >= 0.6 is 0 Å². The maximum absolute atomic E-state index is 11.4. The van der Waals surface area contributed by atoms with Crippen molar-refractivity contribution >= 4 is 16.7 Å². The van der Waals surface area contributed by atoms with Crippen molar-refractivity contribution < 1.29 is 9.53 Å². The highest BCUT2D eigenvalue weighted by atomic mass is 16.5. The second kappa shape index (κ2) is 4.30. The van der Waals surface area contributed by atoms with Gasteiger partial charge in [-0.05, 0) is 25.1 Å². The molecule has 1 aromatic carbocycles. The summed E-state index contributed by atoms with van der Waals surface area (Å²) < 4.78 is 5.14. The molecule has 0 aliphatic heterocycles. The van der Waals surface area contributed by atoms with Gasteiger partial charge in [0, 0.05) is 22.7 Å². The first-order valence-corrected chi connectivity index (χ1v) is 5.22. The van der Waals surface area contributed by atoms with Crippen LogP contribution in [0.5, 0.6) is 5.75 Å². The van der Waals surface area contributed by atoms with E-state index >= 15 is 0 Å². The molecule has 86 valence electrons. The predicted molar refractivity (Wildman–Crippen MR) is 63.9 cm³/mol. The van der Waals surface area contributed by atoms with Crippen LogP contribution in [-0.2, 0) is 4.79 Å². The smallest absolute Gasteiger partial charge is 0.151 e. The number of ether oxygens (including phenoxy) is 1. The highest BCUT2D eigenvalue weighted by Gasteiger charge is 2.19. The average molecular weight is 228 g/mol. The van der Waals surface area contributed by atoms with Gasteiger partial charge in [-0.1, -0.05) is 0 Å². The van der Waals surface area contributed by atoms with Gasteiger partial charge in [0.2, 0.25) is 0 Å². The number of methoxy groups -OCH3 is 1. The van der Waals surface area contributed by atoms with E-state index in [1.165, 1.54) is 6.92 Å². The number of benzene rings is 1. The molecule has 0 aliphatic carbocycles. The lowest BCUT2D eigenvalue weighted by atomic mass is 9.96. The van der Waals surface area contributed by atoms with Gasteiger partial charge in [-0.3, -0.25) is 4.79 Å². The number of aromatic nitrogens is 1. The van der Waals surface area contributed by atoms with Crippen molar-refractivity contribution in [2.24, 2.45) is 0 Å². The third-order valence-corrected chi connectivity index (χ3v) is 2.77. The fraction of sp³-hybridized carbons (Fsp3) is 0.231. The van der Waals surface area contributed by atoms with Gasteiger partial charge in [-0.25, -0.2) is 0 Å². The molecule has 17 heavy (non-hydrogen) atoms. The second-order valence-electron chi connectivity index (χ2n) is 3.83. The monoisotopic (exact) mass is 228 g/mol. The highest BCUT2D eigenvalue weighted by Crippen LogP contribution is 2.28. The van der Waals surface area contributed by atoms with Crippen molar-refractivity contribution in [2.75, 3.05) is 7.11 Å². The van der Waals surface area contributed by atoms with Crippen molar-refractivity contribution in [3.05, 3.63) is 30.0 Å². The van der Waals surface area contributed by atoms with Gasteiger partial charge < -0.3 is 9.72 Å². The number of Topliss-reactive ketones (excluding diaryl/α,β-unsaturated/α-hetero) is 1. The van der Waals surface area contributed by atoms with Crippen LogP contribution in [0.3, 0.4) is 0 Å². The number of carbonyl (C=O) groups excluding carboxylic acids is 1. The van der Waals surface area contributed by atoms with E-state index in [-0.39, 0.29) is 5.78 Å². The Morgan fingerprint density at radius 1 is 1.53 bits per heavy atom. The van der Waals surface area contributed by atoms with Crippen LogP contribution in [0.1, 0.15) is 18.4 Å². The fourth-order valence-corrected chi connectivity index (χ4v) is 1.87. The summed E-state index contributed by atoms with van der Waals surface area (Å²) >= 11 is 0. The first kappa shape index (κ1) is 11.2. The summed E-state index contributed by atoms with van der Waals surface area (Å²) in [5, 5.41) is 9.89. The summed E-state index contributed by atoms with van der Waals surface area (Å²) in [6.45, 7) is 1.42. The minimum absolute atomic E-state index is 0.156. The van der Waals surface area contributed by atoms with Gasteiger partial charge in [0.1, 0.15) is 11.7 Å². The Balaban J connectivity index is 2.62. The molecule has 1 aromatic heterocycles. The zero-order chi connectivity index (χ0) is 12.4. The Morgan fingerprint density at radius 3 is 2.88 bits per heavy atom. The number of nitrogens with one attached hydrogen (secondary N) is 1. The third-order valence-electron chi connectivity index (χ3n) is 2.77. The number of nitrogens with zero attached hydrogens (tertiary/aromatic N) is 1. The number of H-pyrrole nitrogens is 1. The number of aromatic amines is 1. The molecule has 1 heterocycles. The zero-order valence-electron chi connectivity index (χ0n) is 9.65. The number of hydrogen-bond acceptors (Lipinski definition) is 3. The summed E-state index contributed by atoms with van der Waals surface area (Å²) in [6, 6.07) is 7.55. The van der Waals surface area contributed by atoms with Crippen LogP contribution in [0.2, 0.25) is 0 Å². The van der Waals surface area contributed by atoms with Gasteiger partial charge >= 0.3 is 0 Å². The van der Waals surface area contributed by atoms with Crippen LogP contribution in [0.25, 0.3) is 10.9 Å². The Bertz CT molecular complexity index is 607. The second-order valence-corrected chi connectivity index (χ2v) is 3.83. The van der Waals surface area contributed by atoms with Crippen LogP contribution in [0, 0.1) is 11.3 Å². The molecule has 0 bridgehead atoms. The van der Waals surface area contributed by atoms with E-state index in [0.717, 1.165) is 10.9 Å². The SMILES string of the molecule is COc1ccc2[nH]cc([C@@H](C#N)C(C)=O)c2c1. The lowest BCUT2D eigenvalue weighted by Gasteiger charge is -2.04. The van der Waals surface area contributed by atoms with Crippen molar-refractivity contribution in [3.63, 3.8) is 0 Å². The minimum atomic E-state index is -0.726. The molecule has 1 atom stereocenters. The van der Waals surface area contributed by atoms with E-state index in [1.54, 1.807) is 13.3 Å². The van der Waals surface area contributed by atoms with Gasteiger partial charge in [0.25, 0.3) is 0 Å². The van der Waals surface area contributed by atoms with Crippen molar-refractivity contribution in [1.29, 1.82) is 5.26 Å². The molecule has 0 unspecified atom stereocenters. The molecule has 0 fully saturated rings. The molecule has 0 saturated heterocycles. The minimum Gasteiger partial charge on any atom is -0.497 e. The van der Waals surface area contributed by atoms with Gasteiger partial charge in [0.05, 0.1) is 13.2 Å². The number of rotatable bonds is 3. The molecule has 4 heteroatoms. The largest absolute Gasteiger partial charge is 0.497 e. The van der Waals surface area contributed by atoms with E-state index in [0.29, 0.717) is 11.3 Å². The van der Waals surface area contributed by atoms with E-state index in [9.17, 15) is 4.79 Å². The Labute approximate surface area is 98.8 Å². The Hall–Kier alpha value is -2.28. The molecule has 0 amide bonds. The molecule has 2 aromatic rings. The Kier molecular flexibility index (Phi) is 2.84. The van der Waals surface area contributed by atoms with Crippen molar-refractivity contribution in [3.8, 4) is 11.8 Å². The maximum atomic E-state index is 11.4. The summed E-state index contributed by atoms with van der Waals surface area (Å²) in [4.78, 5) is 14.5. The lowest BCUT2D eigenvalue weighted by Crippen LogP contribution is -2.05. The summed E-state index contributed by atoms with van der Waals surface area (Å²) in [5.74, 6) is -0.175. The summed E-state index contributed by atoms with van der Waals surface area (Å²) in [5.41, 5.74) is 1.59. The first-order chi connectivity index (χ1) is 8.17. The fourth-order valence-electron chi connectivity index (χ4n) is 1.87. The average Bonchev–Trinajstić information content (AvgIpc) is 2.73. The van der Waals surface area contributed by atoms with Gasteiger partial charge in [-0.15, -0.1) is 0 Å². The van der Waals surface area contributed by atoms with Crippen LogP contribution in [0.15, 0.2) is 24.4 Å². The van der Waals surface area contributed by atoms with Crippen molar-refractivity contribution in [2.45, 2.75) is 12.8 Å². The Morgan fingerprint density at radius 2 is 2.29 bits per heavy atom. The lowest BCUT2D eigenvalue weighted by molar-refractivity contribution is -0.117. The highest BCUT2D eigenvalue weighted by molar-refractivity contribution is 5.94. The molecule has 2 rings (SSSR count). The summed E-state index contributed by atoms with van der Waals surface area (Å²) in [6.07, 6.45) is 1.71. The quantitative estimate of drug-likeness (QED) is 0.877. The van der Waals surface area contributed by atoms with E-state index in [1.807, 2.05) is 24.3 Å².